The fourth-order valence-electron chi connectivity index (χ4n) is 2.14. The Hall–Kier alpha value is -2.66. The number of rotatable bonds is 5. The fraction of sp³-hybridized carbons (Fsp3) is 0.0500. The van der Waals surface area contributed by atoms with E-state index in [1.165, 1.54) is 12.1 Å². The van der Waals surface area contributed by atoms with E-state index in [1.54, 1.807) is 30.3 Å². The monoisotopic (exact) mass is 400 g/mol. The van der Waals surface area contributed by atoms with Crippen LogP contribution in [0.4, 0.5) is 4.39 Å². The Labute approximate surface area is 153 Å². The molecule has 0 atom stereocenters. The Morgan fingerprint density at radius 1 is 0.960 bits per heavy atom. The van der Waals surface area contributed by atoms with Gasteiger partial charge in [0.15, 0.2) is 11.6 Å². The van der Waals surface area contributed by atoms with E-state index >= 15 is 0 Å². The highest BCUT2D eigenvalue weighted by Gasteiger charge is 2.12. The van der Waals surface area contributed by atoms with Gasteiger partial charge in [0, 0.05) is 4.47 Å². The van der Waals surface area contributed by atoms with Crippen LogP contribution in [0.25, 0.3) is 0 Å². The zero-order chi connectivity index (χ0) is 17.6. The van der Waals surface area contributed by atoms with Crippen molar-refractivity contribution in [2.45, 2.75) is 6.61 Å². The highest BCUT2D eigenvalue weighted by atomic mass is 79.9. The molecule has 3 aromatic carbocycles. The molecule has 3 aromatic rings. The van der Waals surface area contributed by atoms with Gasteiger partial charge in [-0.25, -0.2) is 9.18 Å². The van der Waals surface area contributed by atoms with Crippen LogP contribution in [0.3, 0.4) is 0 Å². The van der Waals surface area contributed by atoms with Crippen LogP contribution in [0.1, 0.15) is 15.9 Å². The SMILES string of the molecule is O=C(Oc1ccc(Br)cc1F)c1ccc(OCc2ccccc2)cc1. The maximum absolute atomic E-state index is 13.7. The number of carbonyl (C=O) groups is 1. The Bertz CT molecular complexity index is 864. The number of benzene rings is 3. The number of carbonyl (C=O) groups excluding carboxylic acids is 1. The predicted octanol–water partition coefficient (Wildman–Crippen LogP) is 5.39. The summed E-state index contributed by atoms with van der Waals surface area (Å²) in [6.45, 7) is 0.439. The molecule has 126 valence electrons. The first-order valence-electron chi connectivity index (χ1n) is 7.56. The summed E-state index contributed by atoms with van der Waals surface area (Å²) in [5.41, 5.74) is 1.37. The molecule has 0 fully saturated rings. The highest BCUT2D eigenvalue weighted by Crippen LogP contribution is 2.23. The minimum atomic E-state index is -0.629. The zero-order valence-corrected chi connectivity index (χ0v) is 14.7. The second kappa shape index (κ2) is 7.94. The molecule has 0 spiro atoms. The van der Waals surface area contributed by atoms with Crippen LogP contribution in [0.5, 0.6) is 11.5 Å². The van der Waals surface area contributed by atoms with Gasteiger partial charge in [-0.1, -0.05) is 46.3 Å². The average molecular weight is 401 g/mol. The summed E-state index contributed by atoms with van der Waals surface area (Å²) in [5.74, 6) is -0.714. The van der Waals surface area contributed by atoms with Crippen LogP contribution in [-0.2, 0) is 6.61 Å². The molecule has 0 radical (unpaired) electrons. The van der Waals surface area contributed by atoms with E-state index in [2.05, 4.69) is 15.9 Å². The van der Waals surface area contributed by atoms with Crippen LogP contribution >= 0.6 is 15.9 Å². The third kappa shape index (κ3) is 4.67. The smallest absolute Gasteiger partial charge is 0.343 e. The first-order valence-corrected chi connectivity index (χ1v) is 8.35. The van der Waals surface area contributed by atoms with Crippen LogP contribution in [-0.4, -0.2) is 5.97 Å². The zero-order valence-electron chi connectivity index (χ0n) is 13.1. The van der Waals surface area contributed by atoms with Gasteiger partial charge in [-0.05, 0) is 48.0 Å². The lowest BCUT2D eigenvalue weighted by atomic mass is 10.2. The Balaban J connectivity index is 1.62. The first kappa shape index (κ1) is 17.2. The third-order valence-electron chi connectivity index (χ3n) is 3.43. The molecule has 0 aliphatic rings. The summed E-state index contributed by atoms with van der Waals surface area (Å²) in [4.78, 5) is 12.1. The summed E-state index contributed by atoms with van der Waals surface area (Å²) in [6.07, 6.45) is 0. The van der Waals surface area contributed by atoms with E-state index in [0.717, 1.165) is 5.56 Å². The molecule has 0 heterocycles. The molecule has 0 amide bonds. The van der Waals surface area contributed by atoms with Crippen molar-refractivity contribution in [3.05, 3.63) is 94.2 Å². The van der Waals surface area contributed by atoms with E-state index in [-0.39, 0.29) is 5.75 Å². The Morgan fingerprint density at radius 2 is 1.68 bits per heavy atom. The van der Waals surface area contributed by atoms with Gasteiger partial charge >= 0.3 is 5.97 Å². The largest absolute Gasteiger partial charge is 0.489 e. The van der Waals surface area contributed by atoms with Crippen molar-refractivity contribution < 1.29 is 18.7 Å². The van der Waals surface area contributed by atoms with Gasteiger partial charge in [0.25, 0.3) is 0 Å². The predicted molar refractivity (Wildman–Crippen MR) is 96.3 cm³/mol. The molecule has 5 heteroatoms. The molecular formula is C20H14BrFO3. The van der Waals surface area contributed by atoms with Crippen molar-refractivity contribution >= 4 is 21.9 Å². The Kier molecular flexibility index (Phi) is 5.46. The van der Waals surface area contributed by atoms with E-state index in [4.69, 9.17) is 9.47 Å². The maximum Gasteiger partial charge on any atom is 0.343 e. The second-order valence-electron chi connectivity index (χ2n) is 5.26. The van der Waals surface area contributed by atoms with Crippen molar-refractivity contribution in [1.82, 2.24) is 0 Å². The molecule has 0 aliphatic heterocycles. The molecule has 3 nitrogen and oxygen atoms in total. The highest BCUT2D eigenvalue weighted by molar-refractivity contribution is 9.10. The van der Waals surface area contributed by atoms with Crippen molar-refractivity contribution in [2.75, 3.05) is 0 Å². The summed E-state index contributed by atoms with van der Waals surface area (Å²) in [6, 6.07) is 20.5. The lowest BCUT2D eigenvalue weighted by Gasteiger charge is -2.08. The van der Waals surface area contributed by atoms with E-state index in [1.807, 2.05) is 30.3 Å². The van der Waals surface area contributed by atoms with Crippen molar-refractivity contribution in [2.24, 2.45) is 0 Å². The molecule has 0 bridgehead atoms. The quantitative estimate of drug-likeness (QED) is 0.425. The minimum absolute atomic E-state index is 0.113. The average Bonchev–Trinajstić information content (AvgIpc) is 2.63. The summed E-state index contributed by atoms with van der Waals surface area (Å²) >= 11 is 3.15. The molecule has 0 saturated heterocycles. The molecule has 0 unspecified atom stereocenters. The molecule has 0 saturated carbocycles. The van der Waals surface area contributed by atoms with Gasteiger partial charge in [0.1, 0.15) is 12.4 Å². The molecule has 3 rings (SSSR count). The summed E-state index contributed by atoms with van der Waals surface area (Å²) in [5, 5.41) is 0. The molecule has 0 aromatic heterocycles. The molecule has 25 heavy (non-hydrogen) atoms. The number of ether oxygens (including phenoxy) is 2. The van der Waals surface area contributed by atoms with Crippen molar-refractivity contribution in [3.63, 3.8) is 0 Å². The van der Waals surface area contributed by atoms with Gasteiger partial charge in [0.2, 0.25) is 0 Å². The number of esters is 1. The number of hydrogen-bond donors (Lipinski definition) is 0. The topological polar surface area (TPSA) is 35.5 Å². The maximum atomic E-state index is 13.7. The van der Waals surface area contributed by atoms with Gasteiger partial charge < -0.3 is 9.47 Å². The van der Waals surface area contributed by atoms with Crippen LogP contribution in [0, 0.1) is 5.82 Å². The number of halogens is 2. The second-order valence-corrected chi connectivity index (χ2v) is 6.18. The molecule has 0 aliphatic carbocycles. The van der Waals surface area contributed by atoms with Crippen LogP contribution in [0.2, 0.25) is 0 Å². The van der Waals surface area contributed by atoms with E-state index < -0.39 is 11.8 Å². The van der Waals surface area contributed by atoms with Gasteiger partial charge in [-0.2, -0.15) is 0 Å². The fourth-order valence-corrected chi connectivity index (χ4v) is 2.48. The van der Waals surface area contributed by atoms with Crippen molar-refractivity contribution in [3.8, 4) is 11.5 Å². The van der Waals surface area contributed by atoms with E-state index in [0.29, 0.717) is 22.4 Å². The normalized spacial score (nSPS) is 10.3. The lowest BCUT2D eigenvalue weighted by Crippen LogP contribution is -2.09. The first-order chi connectivity index (χ1) is 12.1. The molecular weight excluding hydrogens is 387 g/mol. The van der Waals surface area contributed by atoms with Gasteiger partial charge in [0.05, 0.1) is 5.56 Å². The van der Waals surface area contributed by atoms with Gasteiger partial charge in [-0.3, -0.25) is 0 Å². The van der Waals surface area contributed by atoms with Crippen LogP contribution in [0.15, 0.2) is 77.3 Å². The standard InChI is InChI=1S/C20H14BrFO3/c21-16-8-11-19(18(22)12-16)25-20(23)15-6-9-17(10-7-15)24-13-14-4-2-1-3-5-14/h1-12H,13H2. The van der Waals surface area contributed by atoms with Gasteiger partial charge in [-0.15, -0.1) is 0 Å². The summed E-state index contributed by atoms with van der Waals surface area (Å²) in [7, 11) is 0. The third-order valence-corrected chi connectivity index (χ3v) is 3.93. The van der Waals surface area contributed by atoms with Crippen molar-refractivity contribution in [1.29, 1.82) is 0 Å². The lowest BCUT2D eigenvalue weighted by molar-refractivity contribution is 0.0728. The number of hydrogen-bond acceptors (Lipinski definition) is 3. The van der Waals surface area contributed by atoms with E-state index in [9.17, 15) is 9.18 Å². The molecule has 0 N–H and O–H groups in total. The summed E-state index contributed by atoms with van der Waals surface area (Å²) < 4.78 is 25.0. The van der Waals surface area contributed by atoms with Crippen LogP contribution < -0.4 is 9.47 Å². The minimum Gasteiger partial charge on any atom is -0.489 e. The Morgan fingerprint density at radius 3 is 2.36 bits per heavy atom.